The minimum Gasteiger partial charge on any atom is -0.454 e. The molecule has 0 bridgehead atoms. The molecule has 0 aliphatic heterocycles. The minimum absolute atomic E-state index is 0.0439. The first kappa shape index (κ1) is 13.5. The summed E-state index contributed by atoms with van der Waals surface area (Å²) >= 11 is 0. The van der Waals surface area contributed by atoms with Crippen LogP contribution in [0, 0.1) is 5.82 Å². The van der Waals surface area contributed by atoms with Crippen LogP contribution in [0.25, 0.3) is 0 Å². The van der Waals surface area contributed by atoms with Gasteiger partial charge in [0.1, 0.15) is 5.75 Å². The van der Waals surface area contributed by atoms with Crippen molar-refractivity contribution in [3.05, 3.63) is 59.4 Å². The molecule has 2 aromatic rings. The van der Waals surface area contributed by atoms with E-state index in [0.29, 0.717) is 11.3 Å². The van der Waals surface area contributed by atoms with E-state index in [-0.39, 0.29) is 12.4 Å². The summed E-state index contributed by atoms with van der Waals surface area (Å²) in [5.74, 6) is 0.0617. The molecular weight excluding hydrogens is 247 g/mol. The Hall–Kier alpha value is -1.91. The third kappa shape index (κ3) is 3.30. The van der Waals surface area contributed by atoms with Gasteiger partial charge in [-0.15, -0.1) is 0 Å². The predicted octanol–water partition coefficient (Wildman–Crippen LogP) is 3.16. The second-order valence-corrected chi connectivity index (χ2v) is 4.27. The molecule has 1 atom stereocenters. The molecule has 100 valence electrons. The second kappa shape index (κ2) is 5.82. The van der Waals surface area contributed by atoms with E-state index in [1.807, 2.05) is 0 Å². The zero-order chi connectivity index (χ0) is 13.8. The van der Waals surface area contributed by atoms with Crippen LogP contribution in [0.3, 0.4) is 0 Å². The minimum atomic E-state index is -0.715. The molecule has 0 aliphatic rings. The van der Waals surface area contributed by atoms with Gasteiger partial charge in [-0.05, 0) is 42.3 Å². The van der Waals surface area contributed by atoms with Gasteiger partial charge >= 0.3 is 0 Å². The lowest BCUT2D eigenvalue weighted by Gasteiger charge is -2.10. The molecule has 0 heterocycles. The van der Waals surface area contributed by atoms with Crippen molar-refractivity contribution in [1.29, 1.82) is 0 Å². The van der Waals surface area contributed by atoms with Crippen molar-refractivity contribution < 1.29 is 19.3 Å². The van der Waals surface area contributed by atoms with Crippen LogP contribution in [0.1, 0.15) is 24.2 Å². The van der Waals surface area contributed by atoms with E-state index in [1.165, 1.54) is 12.1 Å². The number of ether oxygens (including phenoxy) is 1. The lowest BCUT2D eigenvalue weighted by atomic mass is 10.1. The molecule has 0 fully saturated rings. The highest BCUT2D eigenvalue weighted by atomic mass is 19.1. The maximum Gasteiger partial charge on any atom is 0.166 e. The normalized spacial score (nSPS) is 12.2. The van der Waals surface area contributed by atoms with Gasteiger partial charge in [0, 0.05) is 0 Å². The van der Waals surface area contributed by atoms with Gasteiger partial charge in [-0.3, -0.25) is 0 Å². The van der Waals surface area contributed by atoms with Crippen molar-refractivity contribution in [2.75, 3.05) is 0 Å². The van der Waals surface area contributed by atoms with Crippen LogP contribution in [0.15, 0.2) is 42.5 Å². The average Bonchev–Trinajstić information content (AvgIpc) is 2.41. The molecule has 2 N–H and O–H groups in total. The van der Waals surface area contributed by atoms with Crippen LogP contribution < -0.4 is 4.74 Å². The Morgan fingerprint density at radius 2 is 1.84 bits per heavy atom. The smallest absolute Gasteiger partial charge is 0.166 e. The van der Waals surface area contributed by atoms with Crippen molar-refractivity contribution >= 4 is 0 Å². The average molecular weight is 262 g/mol. The number of benzene rings is 2. The summed E-state index contributed by atoms with van der Waals surface area (Å²) in [6, 6.07) is 11.1. The van der Waals surface area contributed by atoms with Gasteiger partial charge in [-0.2, -0.15) is 0 Å². The molecule has 0 amide bonds. The zero-order valence-electron chi connectivity index (χ0n) is 10.5. The number of hydrogen-bond acceptors (Lipinski definition) is 3. The summed E-state index contributed by atoms with van der Waals surface area (Å²) in [5, 5.41) is 18.3. The van der Waals surface area contributed by atoms with Crippen LogP contribution in [0.5, 0.6) is 11.5 Å². The Morgan fingerprint density at radius 1 is 1.16 bits per heavy atom. The lowest BCUT2D eigenvalue weighted by Crippen LogP contribution is -1.94. The highest BCUT2D eigenvalue weighted by Gasteiger charge is 2.08. The highest BCUT2D eigenvalue weighted by molar-refractivity contribution is 5.36. The van der Waals surface area contributed by atoms with Crippen molar-refractivity contribution in [3.8, 4) is 11.5 Å². The van der Waals surface area contributed by atoms with Gasteiger partial charge in [0.15, 0.2) is 11.6 Å². The second-order valence-electron chi connectivity index (χ2n) is 4.27. The molecule has 2 aromatic carbocycles. The van der Waals surface area contributed by atoms with E-state index in [0.717, 1.165) is 5.56 Å². The SMILES string of the molecule is C[C@@H](O)c1ccc(Oc2ccc(CO)cc2)c(F)c1. The standard InChI is InChI=1S/C15H15FO3/c1-10(18)12-4-7-15(14(16)8-12)19-13-5-2-11(9-17)3-6-13/h2-8,10,17-18H,9H2,1H3/t10-/m1/s1. The molecular formula is C15H15FO3. The fourth-order valence-corrected chi connectivity index (χ4v) is 1.65. The Kier molecular flexibility index (Phi) is 4.14. The Morgan fingerprint density at radius 3 is 2.37 bits per heavy atom. The third-order valence-corrected chi connectivity index (χ3v) is 2.77. The summed E-state index contributed by atoms with van der Waals surface area (Å²) in [6.45, 7) is 1.53. The Balaban J connectivity index is 2.18. The molecule has 0 saturated carbocycles. The van der Waals surface area contributed by atoms with E-state index < -0.39 is 11.9 Å². The summed E-state index contributed by atoms with van der Waals surface area (Å²) in [6.07, 6.45) is -0.715. The highest BCUT2D eigenvalue weighted by Crippen LogP contribution is 2.27. The van der Waals surface area contributed by atoms with E-state index in [9.17, 15) is 9.50 Å². The topological polar surface area (TPSA) is 49.7 Å². The van der Waals surface area contributed by atoms with Gasteiger partial charge in [0.2, 0.25) is 0 Å². The molecule has 0 aromatic heterocycles. The molecule has 0 unspecified atom stereocenters. The van der Waals surface area contributed by atoms with Crippen LogP contribution in [0.2, 0.25) is 0 Å². The van der Waals surface area contributed by atoms with Gasteiger partial charge in [0.05, 0.1) is 12.7 Å². The fourth-order valence-electron chi connectivity index (χ4n) is 1.65. The largest absolute Gasteiger partial charge is 0.454 e. The van der Waals surface area contributed by atoms with E-state index in [1.54, 1.807) is 37.3 Å². The fraction of sp³-hybridized carbons (Fsp3) is 0.200. The predicted molar refractivity (Wildman–Crippen MR) is 69.5 cm³/mol. The first-order chi connectivity index (χ1) is 9.10. The molecule has 0 aliphatic carbocycles. The van der Waals surface area contributed by atoms with Gasteiger partial charge in [-0.1, -0.05) is 18.2 Å². The van der Waals surface area contributed by atoms with Crippen molar-refractivity contribution in [1.82, 2.24) is 0 Å². The number of aliphatic hydroxyl groups excluding tert-OH is 2. The van der Waals surface area contributed by atoms with Gasteiger partial charge in [-0.25, -0.2) is 4.39 Å². The van der Waals surface area contributed by atoms with Crippen LogP contribution >= 0.6 is 0 Å². The number of rotatable bonds is 4. The molecule has 0 saturated heterocycles. The first-order valence-electron chi connectivity index (χ1n) is 5.95. The molecule has 0 radical (unpaired) electrons. The first-order valence-corrected chi connectivity index (χ1v) is 5.95. The van der Waals surface area contributed by atoms with Crippen LogP contribution in [0.4, 0.5) is 4.39 Å². The van der Waals surface area contributed by atoms with Crippen LogP contribution in [-0.4, -0.2) is 10.2 Å². The van der Waals surface area contributed by atoms with Gasteiger partial charge in [0.25, 0.3) is 0 Å². The lowest BCUT2D eigenvalue weighted by molar-refractivity contribution is 0.198. The molecule has 0 spiro atoms. The van der Waals surface area contributed by atoms with Gasteiger partial charge < -0.3 is 14.9 Å². The molecule has 2 rings (SSSR count). The quantitative estimate of drug-likeness (QED) is 0.889. The maximum absolute atomic E-state index is 13.8. The third-order valence-electron chi connectivity index (χ3n) is 2.77. The number of halogens is 1. The summed E-state index contributed by atoms with van der Waals surface area (Å²) in [4.78, 5) is 0. The number of aliphatic hydroxyl groups is 2. The Labute approximate surface area is 110 Å². The van der Waals surface area contributed by atoms with Crippen LogP contribution in [-0.2, 0) is 6.61 Å². The van der Waals surface area contributed by atoms with Crippen molar-refractivity contribution in [3.63, 3.8) is 0 Å². The van der Waals surface area contributed by atoms with E-state index >= 15 is 0 Å². The van der Waals surface area contributed by atoms with Crippen molar-refractivity contribution in [2.24, 2.45) is 0 Å². The molecule has 3 nitrogen and oxygen atoms in total. The number of hydrogen-bond donors (Lipinski definition) is 2. The summed E-state index contributed by atoms with van der Waals surface area (Å²) in [5.41, 5.74) is 1.26. The van der Waals surface area contributed by atoms with E-state index in [4.69, 9.17) is 9.84 Å². The molecule has 4 heteroatoms. The Bertz CT molecular complexity index is 550. The van der Waals surface area contributed by atoms with E-state index in [2.05, 4.69) is 0 Å². The summed E-state index contributed by atoms with van der Waals surface area (Å²) < 4.78 is 19.2. The monoisotopic (exact) mass is 262 g/mol. The molecule has 19 heavy (non-hydrogen) atoms. The maximum atomic E-state index is 13.8. The summed E-state index contributed by atoms with van der Waals surface area (Å²) in [7, 11) is 0. The zero-order valence-corrected chi connectivity index (χ0v) is 10.5. The van der Waals surface area contributed by atoms with Crippen molar-refractivity contribution in [2.45, 2.75) is 19.6 Å².